The molecule has 11 nitrogen and oxygen atoms in total. The fraction of sp³-hybridized carbons (Fsp3) is 0.333. The third-order valence-electron chi connectivity index (χ3n) is 7.34. The van der Waals surface area contributed by atoms with Crippen LogP contribution in [0.5, 0.6) is 17.2 Å². The second-order valence-electron chi connectivity index (χ2n) is 10.5. The van der Waals surface area contributed by atoms with Crippen molar-refractivity contribution in [1.29, 1.82) is 0 Å². The maximum Gasteiger partial charge on any atom is 0.233 e. The monoisotopic (exact) mass is 630 g/mol. The lowest BCUT2D eigenvalue weighted by Gasteiger charge is -2.21. The van der Waals surface area contributed by atoms with Gasteiger partial charge >= 0.3 is 0 Å². The van der Waals surface area contributed by atoms with Gasteiger partial charge in [-0.05, 0) is 56.2 Å². The molecule has 4 N–H and O–H groups in total. The minimum absolute atomic E-state index is 0.185. The highest BCUT2D eigenvalue weighted by Gasteiger charge is 2.14. The summed E-state index contributed by atoms with van der Waals surface area (Å²) in [5.74, 6) is 2.99. The number of halogens is 1. The molecule has 5 rings (SSSR count). The van der Waals surface area contributed by atoms with Gasteiger partial charge in [-0.1, -0.05) is 24.9 Å². The highest BCUT2D eigenvalue weighted by Crippen LogP contribution is 2.34. The zero-order valence-corrected chi connectivity index (χ0v) is 26.8. The quantitative estimate of drug-likeness (QED) is 0.0690. The maximum absolute atomic E-state index is 10.2. The molecule has 0 atom stereocenters. The third kappa shape index (κ3) is 7.85. The predicted octanol–water partition coefficient (Wildman–Crippen LogP) is 7.23. The molecule has 5 aromatic rings. The highest BCUT2D eigenvalue weighted by atomic mass is 35.5. The molecule has 0 saturated carbocycles. The molecule has 0 spiro atoms. The molecule has 3 aromatic carbocycles. The summed E-state index contributed by atoms with van der Waals surface area (Å²) in [6.45, 7) is 7.15. The number of aromatic hydroxyl groups is 1. The Hall–Kier alpha value is -4.77. The molecule has 0 amide bonds. The summed E-state index contributed by atoms with van der Waals surface area (Å²) in [5, 5.41) is 22.8. The number of aromatic nitrogens is 4. The number of nitrogens with zero attached hydrogens (tertiary/aromatic N) is 5. The average Bonchev–Trinajstić information content (AvgIpc) is 3.04. The van der Waals surface area contributed by atoms with Crippen molar-refractivity contribution in [2.45, 2.75) is 33.1 Å². The predicted molar refractivity (Wildman–Crippen MR) is 183 cm³/mol. The molecule has 0 aliphatic rings. The lowest BCUT2D eigenvalue weighted by atomic mass is 10.1. The number of unbranched alkanes of at least 4 members (excludes halogenated alkanes) is 1. The highest BCUT2D eigenvalue weighted by molar-refractivity contribution is 6.31. The van der Waals surface area contributed by atoms with E-state index in [2.05, 4.69) is 39.7 Å². The summed E-state index contributed by atoms with van der Waals surface area (Å²) in [6, 6.07) is 16.4. The second-order valence-corrected chi connectivity index (χ2v) is 10.9. The Bertz CT molecular complexity index is 1750. The minimum Gasteiger partial charge on any atom is -0.508 e. The topological polar surface area (TPSA) is 130 Å². The van der Waals surface area contributed by atoms with E-state index in [0.717, 1.165) is 65.5 Å². The molecule has 12 heteroatoms. The van der Waals surface area contributed by atoms with E-state index in [0.29, 0.717) is 47.5 Å². The Balaban J connectivity index is 1.33. The Morgan fingerprint density at radius 1 is 0.778 bits per heavy atom. The van der Waals surface area contributed by atoms with E-state index in [9.17, 15) is 5.11 Å². The Morgan fingerprint density at radius 2 is 1.53 bits per heavy atom. The van der Waals surface area contributed by atoms with Crippen molar-refractivity contribution in [2.75, 3.05) is 61.2 Å². The fourth-order valence-corrected chi connectivity index (χ4v) is 5.16. The maximum atomic E-state index is 10.2. The van der Waals surface area contributed by atoms with Crippen LogP contribution < -0.4 is 30.3 Å². The first-order chi connectivity index (χ1) is 21.9. The molecule has 45 heavy (non-hydrogen) atoms. The normalized spacial score (nSPS) is 11.0. The Labute approximate surface area is 268 Å². The minimum atomic E-state index is 0.185. The van der Waals surface area contributed by atoms with E-state index in [4.69, 9.17) is 36.0 Å². The molecule has 0 aliphatic heterocycles. The molecule has 0 aliphatic carbocycles. The number of anilines is 5. The van der Waals surface area contributed by atoms with Crippen molar-refractivity contribution in [3.8, 4) is 17.2 Å². The van der Waals surface area contributed by atoms with Crippen LogP contribution in [0.2, 0.25) is 5.02 Å². The van der Waals surface area contributed by atoms with Crippen molar-refractivity contribution in [3.05, 3.63) is 59.6 Å². The van der Waals surface area contributed by atoms with Gasteiger partial charge in [0.05, 0.1) is 30.9 Å². The van der Waals surface area contributed by atoms with E-state index >= 15 is 0 Å². The summed E-state index contributed by atoms with van der Waals surface area (Å²) >= 11 is 6.26. The average molecular weight is 631 g/mol. The van der Waals surface area contributed by atoms with Crippen molar-refractivity contribution >= 4 is 62.6 Å². The van der Waals surface area contributed by atoms with Crippen LogP contribution in [0.25, 0.3) is 21.8 Å². The number of pyridine rings is 1. The lowest BCUT2D eigenvalue weighted by Crippen LogP contribution is -2.27. The van der Waals surface area contributed by atoms with Crippen molar-refractivity contribution in [3.63, 3.8) is 0 Å². The van der Waals surface area contributed by atoms with Gasteiger partial charge in [-0.2, -0.15) is 15.0 Å². The van der Waals surface area contributed by atoms with Gasteiger partial charge < -0.3 is 35.4 Å². The van der Waals surface area contributed by atoms with Crippen LogP contribution in [0.4, 0.5) is 29.2 Å². The van der Waals surface area contributed by atoms with Crippen molar-refractivity contribution < 1.29 is 14.6 Å². The van der Waals surface area contributed by atoms with Gasteiger partial charge in [-0.25, -0.2) is 4.98 Å². The van der Waals surface area contributed by atoms with Crippen LogP contribution in [0, 0.1) is 0 Å². The van der Waals surface area contributed by atoms with E-state index in [1.165, 1.54) is 0 Å². The molecule has 0 saturated heterocycles. The van der Waals surface area contributed by atoms with Gasteiger partial charge in [0.15, 0.2) is 0 Å². The van der Waals surface area contributed by atoms with Crippen LogP contribution in [-0.2, 0) is 0 Å². The number of methoxy groups -OCH3 is 2. The van der Waals surface area contributed by atoms with Gasteiger partial charge in [-0.3, -0.25) is 0 Å². The first-order valence-electron chi connectivity index (χ1n) is 15.1. The second kappa shape index (κ2) is 14.8. The Kier molecular flexibility index (Phi) is 10.4. The fourth-order valence-electron chi connectivity index (χ4n) is 5.00. The number of hydrogen-bond donors (Lipinski definition) is 4. The molecule has 236 valence electrons. The number of ether oxygens (including phenoxy) is 2. The van der Waals surface area contributed by atoms with Gasteiger partial charge in [0.1, 0.15) is 17.2 Å². The van der Waals surface area contributed by atoms with Crippen molar-refractivity contribution in [2.24, 2.45) is 0 Å². The van der Waals surface area contributed by atoms with E-state index < -0.39 is 0 Å². The first-order valence-corrected chi connectivity index (χ1v) is 15.5. The van der Waals surface area contributed by atoms with E-state index in [1.807, 2.05) is 42.5 Å². The Morgan fingerprint density at radius 3 is 2.27 bits per heavy atom. The third-order valence-corrected chi connectivity index (χ3v) is 7.57. The van der Waals surface area contributed by atoms with Gasteiger partial charge in [0.25, 0.3) is 0 Å². The number of benzene rings is 3. The van der Waals surface area contributed by atoms with Crippen LogP contribution in [0.3, 0.4) is 0 Å². The van der Waals surface area contributed by atoms with Gasteiger partial charge in [0.2, 0.25) is 17.8 Å². The number of phenolic OH excluding ortho intramolecular Hbond substituents is 1. The smallest absolute Gasteiger partial charge is 0.233 e. The van der Waals surface area contributed by atoms with Crippen LogP contribution in [0.1, 0.15) is 33.1 Å². The number of rotatable bonds is 15. The molecule has 2 heterocycles. The molecule has 0 bridgehead atoms. The van der Waals surface area contributed by atoms with E-state index in [-0.39, 0.29) is 5.75 Å². The van der Waals surface area contributed by atoms with Crippen molar-refractivity contribution in [1.82, 2.24) is 19.9 Å². The summed E-state index contributed by atoms with van der Waals surface area (Å²) in [4.78, 5) is 21.1. The van der Waals surface area contributed by atoms with Gasteiger partial charge in [0, 0.05) is 65.9 Å². The number of fused-ring (bicyclic) bond motifs is 2. The molecular formula is C33H39ClN8O3. The largest absolute Gasteiger partial charge is 0.508 e. The summed E-state index contributed by atoms with van der Waals surface area (Å²) in [5.41, 5.74) is 3.20. The summed E-state index contributed by atoms with van der Waals surface area (Å²) < 4.78 is 10.9. The SMILES string of the molecule is CCCCN(CC)c1nc(NCCCNc2c3ccc(Cl)cc3nc3ccc(O)cc23)nc(Nc2cc(OC)cc(OC)c2)n1. The number of phenols is 1. The summed E-state index contributed by atoms with van der Waals surface area (Å²) in [6.07, 6.45) is 2.87. The van der Waals surface area contributed by atoms with Crippen LogP contribution in [-0.4, -0.2) is 65.4 Å². The zero-order chi connectivity index (χ0) is 31.8. The molecular weight excluding hydrogens is 592 g/mol. The standard InChI is InChI=1S/C33H39ClN8O3/c1-5-7-15-42(6-2)33-40-31(39-32(41-33)37-22-17-24(44-3)20-25(18-22)45-4)36-14-8-13-35-30-26-11-9-21(34)16-29(26)38-28-12-10-23(43)19-27(28)30/h9-12,16-20,43H,5-8,13-15H2,1-4H3,(H,35,38)(H2,36,37,39,40,41). The molecule has 0 radical (unpaired) electrons. The number of nitrogens with one attached hydrogen (secondary N) is 3. The lowest BCUT2D eigenvalue weighted by molar-refractivity contribution is 0.395. The summed E-state index contributed by atoms with van der Waals surface area (Å²) in [7, 11) is 3.23. The number of hydrogen-bond acceptors (Lipinski definition) is 11. The molecule has 2 aromatic heterocycles. The van der Waals surface area contributed by atoms with Crippen LogP contribution >= 0.6 is 11.6 Å². The van der Waals surface area contributed by atoms with Crippen LogP contribution in [0.15, 0.2) is 54.6 Å². The van der Waals surface area contributed by atoms with Gasteiger partial charge in [-0.15, -0.1) is 0 Å². The van der Waals surface area contributed by atoms with E-state index in [1.54, 1.807) is 26.4 Å². The molecule has 0 fully saturated rings. The zero-order valence-electron chi connectivity index (χ0n) is 26.0. The first kappa shape index (κ1) is 31.6. The molecule has 0 unspecified atom stereocenters.